The second-order valence-corrected chi connectivity index (χ2v) is 5.44. The van der Waals surface area contributed by atoms with Crippen LogP contribution in [0.1, 0.15) is 32.4 Å². The van der Waals surface area contributed by atoms with Gasteiger partial charge in [0.25, 0.3) is 5.91 Å². The van der Waals surface area contributed by atoms with Crippen LogP contribution in [0, 0.1) is 12.8 Å². The lowest BCUT2D eigenvalue weighted by Crippen LogP contribution is -2.44. The quantitative estimate of drug-likeness (QED) is 0.815. The van der Waals surface area contributed by atoms with Crippen molar-refractivity contribution >= 4 is 5.91 Å². The van der Waals surface area contributed by atoms with Gasteiger partial charge in [0.15, 0.2) is 5.82 Å². The maximum absolute atomic E-state index is 12.3. The molecule has 0 spiro atoms. The number of nitrogens with zero attached hydrogens (tertiary/aromatic N) is 4. The Balaban J connectivity index is 1.95. The lowest BCUT2D eigenvalue weighted by atomic mass is 10.2. The zero-order valence-corrected chi connectivity index (χ0v) is 12.1. The Labute approximate surface area is 113 Å². The highest BCUT2D eigenvalue weighted by Crippen LogP contribution is 2.13. The molecule has 1 aliphatic heterocycles. The lowest BCUT2D eigenvalue weighted by molar-refractivity contribution is -0.144. The topological polar surface area (TPSA) is 60.2 Å². The van der Waals surface area contributed by atoms with Gasteiger partial charge in [0, 0.05) is 19.7 Å². The van der Waals surface area contributed by atoms with E-state index in [0.29, 0.717) is 25.6 Å². The molecule has 0 unspecified atom stereocenters. The molecule has 1 atom stereocenters. The van der Waals surface area contributed by atoms with Crippen LogP contribution in [0.4, 0.5) is 0 Å². The highest BCUT2D eigenvalue weighted by Gasteiger charge is 2.27. The first kappa shape index (κ1) is 14.0. The minimum Gasteiger partial charge on any atom is -0.368 e. The predicted octanol–water partition coefficient (Wildman–Crippen LogP) is 0.990. The molecule has 6 heteroatoms. The largest absolute Gasteiger partial charge is 0.368 e. The number of aryl methyl sites for hydroxylation is 1. The SMILES string of the molecule is Cc1nnc2n1CCN(C(=O)[C@@H](C)OCC(C)C)C2. The molecule has 19 heavy (non-hydrogen) atoms. The molecule has 1 amide bonds. The molecule has 1 aromatic rings. The second-order valence-electron chi connectivity index (χ2n) is 5.44. The van der Waals surface area contributed by atoms with Crippen molar-refractivity contribution < 1.29 is 9.53 Å². The number of aromatic nitrogens is 3. The fourth-order valence-electron chi connectivity index (χ4n) is 2.16. The summed E-state index contributed by atoms with van der Waals surface area (Å²) < 4.78 is 7.64. The van der Waals surface area contributed by atoms with Gasteiger partial charge in [-0.15, -0.1) is 10.2 Å². The van der Waals surface area contributed by atoms with Crippen LogP contribution in [0.5, 0.6) is 0 Å². The van der Waals surface area contributed by atoms with Gasteiger partial charge >= 0.3 is 0 Å². The molecule has 106 valence electrons. The average Bonchev–Trinajstić information content (AvgIpc) is 2.76. The highest BCUT2D eigenvalue weighted by molar-refractivity contribution is 5.80. The van der Waals surface area contributed by atoms with Gasteiger partial charge in [0.1, 0.15) is 11.9 Å². The van der Waals surface area contributed by atoms with Gasteiger partial charge in [0.2, 0.25) is 0 Å². The van der Waals surface area contributed by atoms with Crippen LogP contribution in [0.15, 0.2) is 0 Å². The molecule has 1 aliphatic rings. The van der Waals surface area contributed by atoms with Crippen molar-refractivity contribution in [2.45, 2.75) is 46.9 Å². The first-order valence-electron chi connectivity index (χ1n) is 6.78. The monoisotopic (exact) mass is 266 g/mol. The van der Waals surface area contributed by atoms with Crippen LogP contribution < -0.4 is 0 Å². The van der Waals surface area contributed by atoms with Crippen molar-refractivity contribution in [2.75, 3.05) is 13.2 Å². The van der Waals surface area contributed by atoms with Crippen molar-refractivity contribution in [3.8, 4) is 0 Å². The minimum atomic E-state index is -0.391. The van der Waals surface area contributed by atoms with Crippen LogP contribution in [-0.4, -0.2) is 44.8 Å². The Morgan fingerprint density at radius 1 is 1.32 bits per heavy atom. The zero-order chi connectivity index (χ0) is 14.0. The fraction of sp³-hybridized carbons (Fsp3) is 0.769. The average molecular weight is 266 g/mol. The summed E-state index contributed by atoms with van der Waals surface area (Å²) in [6, 6.07) is 0. The Morgan fingerprint density at radius 3 is 2.74 bits per heavy atom. The van der Waals surface area contributed by atoms with Gasteiger partial charge in [-0.05, 0) is 19.8 Å². The van der Waals surface area contributed by atoms with Crippen LogP contribution >= 0.6 is 0 Å². The Morgan fingerprint density at radius 2 is 2.05 bits per heavy atom. The third kappa shape index (κ3) is 3.12. The summed E-state index contributed by atoms with van der Waals surface area (Å²) in [5.41, 5.74) is 0. The summed E-state index contributed by atoms with van der Waals surface area (Å²) in [5, 5.41) is 8.14. The third-order valence-electron chi connectivity index (χ3n) is 3.28. The van der Waals surface area contributed by atoms with E-state index < -0.39 is 6.10 Å². The van der Waals surface area contributed by atoms with E-state index in [4.69, 9.17) is 4.74 Å². The number of rotatable bonds is 4. The van der Waals surface area contributed by atoms with E-state index in [1.807, 2.05) is 13.8 Å². The predicted molar refractivity (Wildman–Crippen MR) is 70.4 cm³/mol. The van der Waals surface area contributed by atoms with E-state index in [9.17, 15) is 4.79 Å². The summed E-state index contributed by atoms with van der Waals surface area (Å²) in [6.07, 6.45) is -0.391. The highest BCUT2D eigenvalue weighted by atomic mass is 16.5. The molecule has 1 aromatic heterocycles. The number of carbonyl (C=O) groups excluding carboxylic acids is 1. The number of hydrogen-bond donors (Lipinski definition) is 0. The number of amides is 1. The van der Waals surface area contributed by atoms with Gasteiger partial charge in [-0.2, -0.15) is 0 Å². The van der Waals surface area contributed by atoms with E-state index in [0.717, 1.165) is 18.2 Å². The maximum Gasteiger partial charge on any atom is 0.251 e. The second kappa shape index (κ2) is 5.69. The molecule has 0 radical (unpaired) electrons. The number of carbonyl (C=O) groups is 1. The zero-order valence-electron chi connectivity index (χ0n) is 12.1. The Bertz CT molecular complexity index is 455. The summed E-state index contributed by atoms with van der Waals surface area (Å²) in [6.45, 7) is 10.5. The van der Waals surface area contributed by atoms with E-state index in [2.05, 4.69) is 28.6 Å². The first-order valence-corrected chi connectivity index (χ1v) is 6.78. The van der Waals surface area contributed by atoms with Crippen molar-refractivity contribution in [2.24, 2.45) is 5.92 Å². The molecule has 0 saturated heterocycles. The smallest absolute Gasteiger partial charge is 0.251 e. The van der Waals surface area contributed by atoms with Gasteiger partial charge in [-0.3, -0.25) is 4.79 Å². The summed E-state index contributed by atoms with van der Waals surface area (Å²) in [5.74, 6) is 2.23. The van der Waals surface area contributed by atoms with Gasteiger partial charge in [0.05, 0.1) is 6.54 Å². The van der Waals surface area contributed by atoms with E-state index in [1.165, 1.54) is 0 Å². The number of fused-ring (bicyclic) bond motifs is 1. The molecule has 0 bridgehead atoms. The van der Waals surface area contributed by atoms with Crippen molar-refractivity contribution in [1.82, 2.24) is 19.7 Å². The molecule has 0 saturated carbocycles. The van der Waals surface area contributed by atoms with Crippen molar-refractivity contribution in [3.05, 3.63) is 11.6 Å². The first-order chi connectivity index (χ1) is 8.99. The molecule has 0 N–H and O–H groups in total. The van der Waals surface area contributed by atoms with Crippen LogP contribution in [0.25, 0.3) is 0 Å². The standard InChI is InChI=1S/C13H22N4O2/c1-9(2)8-19-10(3)13(18)16-5-6-17-11(4)14-15-12(17)7-16/h9-10H,5-8H2,1-4H3/t10-/m1/s1. The molecule has 0 aromatic carbocycles. The maximum atomic E-state index is 12.3. The fourth-order valence-corrected chi connectivity index (χ4v) is 2.16. The van der Waals surface area contributed by atoms with Gasteiger partial charge in [-0.25, -0.2) is 0 Å². The molecule has 2 heterocycles. The summed E-state index contributed by atoms with van der Waals surface area (Å²) in [7, 11) is 0. The normalized spacial score (nSPS) is 16.6. The van der Waals surface area contributed by atoms with E-state index in [1.54, 1.807) is 4.90 Å². The minimum absolute atomic E-state index is 0.0348. The Kier molecular flexibility index (Phi) is 4.19. The Hall–Kier alpha value is -1.43. The van der Waals surface area contributed by atoms with Crippen LogP contribution in [0.3, 0.4) is 0 Å². The number of hydrogen-bond acceptors (Lipinski definition) is 4. The van der Waals surface area contributed by atoms with Crippen LogP contribution in [-0.2, 0) is 22.6 Å². The summed E-state index contributed by atoms with van der Waals surface area (Å²) >= 11 is 0. The van der Waals surface area contributed by atoms with Gasteiger partial charge < -0.3 is 14.2 Å². The molecule has 2 rings (SSSR count). The van der Waals surface area contributed by atoms with Crippen molar-refractivity contribution in [3.63, 3.8) is 0 Å². The summed E-state index contributed by atoms with van der Waals surface area (Å²) in [4.78, 5) is 14.1. The third-order valence-corrected chi connectivity index (χ3v) is 3.28. The van der Waals surface area contributed by atoms with Gasteiger partial charge in [-0.1, -0.05) is 13.8 Å². The molecule has 6 nitrogen and oxygen atoms in total. The molecular weight excluding hydrogens is 244 g/mol. The lowest BCUT2D eigenvalue weighted by Gasteiger charge is -2.29. The molecule has 0 aliphatic carbocycles. The van der Waals surface area contributed by atoms with E-state index >= 15 is 0 Å². The number of ether oxygens (including phenoxy) is 1. The van der Waals surface area contributed by atoms with Crippen LogP contribution in [0.2, 0.25) is 0 Å². The van der Waals surface area contributed by atoms with E-state index in [-0.39, 0.29) is 5.91 Å². The molecule has 0 fully saturated rings. The van der Waals surface area contributed by atoms with Crippen molar-refractivity contribution in [1.29, 1.82) is 0 Å². The molecular formula is C13H22N4O2.